The number of nitrogens with one attached hydrogen (secondary N) is 3. The molecule has 2 saturated heterocycles. The van der Waals surface area contributed by atoms with E-state index in [9.17, 15) is 9.59 Å². The lowest BCUT2D eigenvalue weighted by atomic mass is 9.65. The summed E-state index contributed by atoms with van der Waals surface area (Å²) in [5.74, 6) is -0.552. The fourth-order valence-corrected chi connectivity index (χ4v) is 5.39. The van der Waals surface area contributed by atoms with Crippen LogP contribution >= 0.6 is 0 Å². The number of urea groups is 1. The Morgan fingerprint density at radius 1 is 1.24 bits per heavy atom. The molecular formula is C23H32FN5O4. The molecule has 3 fully saturated rings. The maximum Gasteiger partial charge on any atom is 0.329 e. The Labute approximate surface area is 193 Å². The number of imide groups is 1. The van der Waals surface area contributed by atoms with E-state index in [-0.39, 0.29) is 42.0 Å². The van der Waals surface area contributed by atoms with Gasteiger partial charge in [0.1, 0.15) is 11.7 Å². The second-order valence-electron chi connectivity index (χ2n) is 9.24. The van der Waals surface area contributed by atoms with E-state index in [1.54, 1.807) is 27.3 Å². The number of amidine groups is 1. The number of carbonyl (C=O) groups is 2. The van der Waals surface area contributed by atoms with Gasteiger partial charge in [0, 0.05) is 69.9 Å². The van der Waals surface area contributed by atoms with Crippen LogP contribution in [0.15, 0.2) is 12.1 Å². The number of rotatable bonds is 6. The number of carbonyl (C=O) groups excluding carboxylic acids is 2. The standard InChI is InChI=1S/C23H32FN5O4/c1-26-17-11-18(16(24)10-15(17)20(25)29-9-6-19(30)27-22(29)31)28-12-23(13-28)7-4-14(5-8-23)21(32-2)33-3/h10-11,14,21,25-26H,4-9,12-13H2,1-3H3,(H,27,30,31). The van der Waals surface area contributed by atoms with Crippen LogP contribution in [0.25, 0.3) is 0 Å². The smallest absolute Gasteiger partial charge is 0.329 e. The molecule has 2 aliphatic heterocycles. The fourth-order valence-electron chi connectivity index (χ4n) is 5.39. The highest BCUT2D eigenvalue weighted by molar-refractivity contribution is 6.13. The van der Waals surface area contributed by atoms with Crippen LogP contribution in [0, 0.1) is 22.6 Å². The maximum absolute atomic E-state index is 15.2. The van der Waals surface area contributed by atoms with Gasteiger partial charge < -0.3 is 19.7 Å². The van der Waals surface area contributed by atoms with Gasteiger partial charge in [-0.1, -0.05) is 0 Å². The quantitative estimate of drug-likeness (QED) is 0.342. The molecule has 180 valence electrons. The Hall–Kier alpha value is -2.72. The van der Waals surface area contributed by atoms with Crippen LogP contribution in [0.2, 0.25) is 0 Å². The molecule has 1 aromatic rings. The van der Waals surface area contributed by atoms with Crippen molar-refractivity contribution in [2.75, 3.05) is 51.1 Å². The van der Waals surface area contributed by atoms with Crippen LogP contribution in [0.4, 0.5) is 20.6 Å². The van der Waals surface area contributed by atoms with Crippen LogP contribution in [-0.4, -0.2) is 69.9 Å². The third-order valence-electron chi connectivity index (χ3n) is 7.27. The normalized spacial score (nSPS) is 20.8. The SMILES string of the molecule is CNc1cc(N2CC3(CCC(C(OC)OC)CC3)C2)c(F)cc1C(=N)N1CCC(=O)NC1=O. The van der Waals surface area contributed by atoms with E-state index < -0.39 is 11.8 Å². The molecule has 9 nitrogen and oxygen atoms in total. The van der Waals surface area contributed by atoms with Crippen LogP contribution in [0.5, 0.6) is 0 Å². The first-order chi connectivity index (χ1) is 15.8. The molecule has 0 radical (unpaired) electrons. The van der Waals surface area contributed by atoms with Gasteiger partial charge >= 0.3 is 6.03 Å². The molecule has 10 heteroatoms. The molecule has 0 bridgehead atoms. The van der Waals surface area contributed by atoms with E-state index >= 15 is 4.39 Å². The molecule has 1 aliphatic carbocycles. The summed E-state index contributed by atoms with van der Waals surface area (Å²) in [6, 6.07) is 2.35. The fraction of sp³-hybridized carbons (Fsp3) is 0.609. The summed E-state index contributed by atoms with van der Waals surface area (Å²) in [6.07, 6.45) is 4.11. The number of amides is 3. The zero-order valence-electron chi connectivity index (χ0n) is 19.4. The molecule has 33 heavy (non-hydrogen) atoms. The molecule has 0 atom stereocenters. The van der Waals surface area contributed by atoms with Gasteiger partial charge in [-0.2, -0.15) is 0 Å². The Kier molecular flexibility index (Phi) is 6.58. The van der Waals surface area contributed by atoms with Gasteiger partial charge in [-0.15, -0.1) is 0 Å². The third-order valence-corrected chi connectivity index (χ3v) is 7.27. The minimum Gasteiger partial charge on any atom is -0.387 e. The predicted octanol–water partition coefficient (Wildman–Crippen LogP) is 2.75. The van der Waals surface area contributed by atoms with E-state index in [0.717, 1.165) is 43.7 Å². The van der Waals surface area contributed by atoms with Crippen molar-refractivity contribution in [3.63, 3.8) is 0 Å². The van der Waals surface area contributed by atoms with Gasteiger partial charge in [0.2, 0.25) is 5.91 Å². The average Bonchev–Trinajstić information content (AvgIpc) is 2.78. The van der Waals surface area contributed by atoms with Gasteiger partial charge in [0.05, 0.1) is 5.69 Å². The first kappa shape index (κ1) is 23.4. The van der Waals surface area contributed by atoms with Gasteiger partial charge in [-0.05, 0) is 37.8 Å². The van der Waals surface area contributed by atoms with Gasteiger partial charge in [-0.3, -0.25) is 20.4 Å². The van der Waals surface area contributed by atoms with E-state index in [2.05, 4.69) is 10.6 Å². The van der Waals surface area contributed by atoms with Crippen molar-refractivity contribution in [3.05, 3.63) is 23.5 Å². The molecule has 3 N–H and O–H groups in total. The molecule has 3 amide bonds. The lowest BCUT2D eigenvalue weighted by molar-refractivity contribution is -0.150. The minimum absolute atomic E-state index is 0.0959. The van der Waals surface area contributed by atoms with Gasteiger partial charge in [0.25, 0.3) is 0 Å². The summed E-state index contributed by atoms with van der Waals surface area (Å²) in [7, 11) is 5.05. The van der Waals surface area contributed by atoms with Crippen molar-refractivity contribution in [3.8, 4) is 0 Å². The molecular weight excluding hydrogens is 429 g/mol. The number of hydrogen-bond acceptors (Lipinski definition) is 7. The van der Waals surface area contributed by atoms with E-state index in [1.807, 2.05) is 4.90 Å². The number of nitrogens with zero attached hydrogens (tertiary/aromatic N) is 2. The van der Waals surface area contributed by atoms with Crippen LogP contribution in [0.3, 0.4) is 0 Å². The number of anilines is 2. The summed E-state index contributed by atoms with van der Waals surface area (Å²) >= 11 is 0. The van der Waals surface area contributed by atoms with Crippen molar-refractivity contribution < 1.29 is 23.5 Å². The topological polar surface area (TPSA) is 107 Å². The first-order valence-electron chi connectivity index (χ1n) is 11.3. The maximum atomic E-state index is 15.2. The number of benzene rings is 1. The Morgan fingerprint density at radius 3 is 2.48 bits per heavy atom. The highest BCUT2D eigenvalue weighted by Gasteiger charge is 2.47. The van der Waals surface area contributed by atoms with Crippen molar-refractivity contribution >= 4 is 29.1 Å². The van der Waals surface area contributed by atoms with E-state index in [0.29, 0.717) is 17.3 Å². The first-order valence-corrected chi connectivity index (χ1v) is 11.3. The number of methoxy groups -OCH3 is 2. The molecule has 0 unspecified atom stereocenters. The van der Waals surface area contributed by atoms with Gasteiger partial charge in [-0.25, -0.2) is 9.18 Å². The summed E-state index contributed by atoms with van der Waals surface area (Å²) < 4.78 is 26.0. The predicted molar refractivity (Wildman–Crippen MR) is 122 cm³/mol. The van der Waals surface area contributed by atoms with Crippen molar-refractivity contribution in [2.45, 2.75) is 38.4 Å². The summed E-state index contributed by atoms with van der Waals surface area (Å²) in [5.41, 5.74) is 1.53. The number of hydrogen-bond donors (Lipinski definition) is 3. The summed E-state index contributed by atoms with van der Waals surface area (Å²) in [4.78, 5) is 26.7. The zero-order chi connectivity index (χ0) is 23.8. The van der Waals surface area contributed by atoms with Crippen LogP contribution in [0.1, 0.15) is 37.7 Å². The van der Waals surface area contributed by atoms with Gasteiger partial charge in [0.15, 0.2) is 6.29 Å². The molecule has 4 rings (SSSR count). The lowest BCUT2D eigenvalue weighted by Gasteiger charge is -2.55. The largest absolute Gasteiger partial charge is 0.387 e. The molecule has 3 aliphatic rings. The zero-order valence-corrected chi connectivity index (χ0v) is 19.4. The summed E-state index contributed by atoms with van der Waals surface area (Å²) in [6.45, 7) is 1.67. The minimum atomic E-state index is -0.660. The second kappa shape index (κ2) is 9.26. The van der Waals surface area contributed by atoms with E-state index in [1.165, 1.54) is 6.07 Å². The second-order valence-corrected chi connectivity index (χ2v) is 9.24. The van der Waals surface area contributed by atoms with Crippen LogP contribution in [-0.2, 0) is 14.3 Å². The Balaban J connectivity index is 1.45. The average molecular weight is 462 g/mol. The Bertz CT molecular complexity index is 935. The highest BCUT2D eigenvalue weighted by Crippen LogP contribution is 2.48. The summed E-state index contributed by atoms with van der Waals surface area (Å²) in [5, 5.41) is 13.7. The van der Waals surface area contributed by atoms with Crippen molar-refractivity contribution in [2.24, 2.45) is 11.3 Å². The number of halogens is 1. The molecule has 1 saturated carbocycles. The highest BCUT2D eigenvalue weighted by atomic mass is 19.1. The monoisotopic (exact) mass is 461 g/mol. The van der Waals surface area contributed by atoms with E-state index in [4.69, 9.17) is 14.9 Å². The molecule has 2 heterocycles. The van der Waals surface area contributed by atoms with Crippen molar-refractivity contribution in [1.82, 2.24) is 10.2 Å². The molecule has 1 spiro atoms. The van der Waals surface area contributed by atoms with Crippen LogP contribution < -0.4 is 15.5 Å². The molecule has 0 aromatic heterocycles. The lowest BCUT2D eigenvalue weighted by Crippen LogP contribution is -2.58. The Morgan fingerprint density at radius 2 is 1.91 bits per heavy atom. The number of ether oxygens (including phenoxy) is 2. The van der Waals surface area contributed by atoms with Crippen molar-refractivity contribution in [1.29, 1.82) is 5.41 Å². The third kappa shape index (κ3) is 4.41. The molecule has 1 aromatic carbocycles.